The van der Waals surface area contributed by atoms with Crippen LogP contribution in [0.2, 0.25) is 0 Å². The maximum absolute atomic E-state index is 11.4. The first-order valence-electron chi connectivity index (χ1n) is 4.49. The molecule has 82 valence electrons. The van der Waals surface area contributed by atoms with Gasteiger partial charge in [0.05, 0.1) is 23.6 Å². The maximum atomic E-state index is 11.4. The van der Waals surface area contributed by atoms with Gasteiger partial charge in [-0.25, -0.2) is 4.98 Å². The predicted molar refractivity (Wildman–Crippen MR) is 59.0 cm³/mol. The minimum absolute atomic E-state index is 0.177. The van der Waals surface area contributed by atoms with Crippen LogP contribution in [0.4, 0.5) is 0 Å². The SMILES string of the molecule is Cc1cnc(CNC(=O)C(C)C(N)=S)o1. The van der Waals surface area contributed by atoms with E-state index in [2.05, 4.69) is 10.3 Å². The molecule has 0 aliphatic carbocycles. The lowest BCUT2D eigenvalue weighted by Crippen LogP contribution is -2.35. The summed E-state index contributed by atoms with van der Waals surface area (Å²) in [5, 5.41) is 2.63. The Morgan fingerprint density at radius 3 is 2.93 bits per heavy atom. The summed E-state index contributed by atoms with van der Waals surface area (Å²) in [6.45, 7) is 3.69. The predicted octanol–water partition coefficient (Wildman–Crippen LogP) is 0.521. The van der Waals surface area contributed by atoms with Gasteiger partial charge in [-0.1, -0.05) is 12.2 Å². The van der Waals surface area contributed by atoms with E-state index in [0.717, 1.165) is 0 Å². The van der Waals surface area contributed by atoms with Gasteiger partial charge in [0.2, 0.25) is 11.8 Å². The van der Waals surface area contributed by atoms with Crippen molar-refractivity contribution in [3.63, 3.8) is 0 Å². The van der Waals surface area contributed by atoms with Crippen LogP contribution < -0.4 is 11.1 Å². The number of nitrogens with one attached hydrogen (secondary N) is 1. The van der Waals surface area contributed by atoms with Gasteiger partial charge in [0.1, 0.15) is 5.76 Å². The Bertz CT molecular complexity index is 375. The van der Waals surface area contributed by atoms with Crippen LogP contribution in [0.5, 0.6) is 0 Å². The zero-order chi connectivity index (χ0) is 11.4. The Hall–Kier alpha value is -1.43. The highest BCUT2D eigenvalue weighted by Gasteiger charge is 2.15. The van der Waals surface area contributed by atoms with E-state index < -0.39 is 5.92 Å². The smallest absolute Gasteiger partial charge is 0.230 e. The van der Waals surface area contributed by atoms with Crippen molar-refractivity contribution in [1.82, 2.24) is 10.3 Å². The van der Waals surface area contributed by atoms with Crippen molar-refractivity contribution in [3.8, 4) is 0 Å². The van der Waals surface area contributed by atoms with Crippen molar-refractivity contribution < 1.29 is 9.21 Å². The Labute approximate surface area is 93.0 Å². The average Bonchev–Trinajstić information content (AvgIpc) is 2.59. The number of carbonyl (C=O) groups excluding carboxylic acids is 1. The van der Waals surface area contributed by atoms with Gasteiger partial charge in [-0.2, -0.15) is 0 Å². The molecule has 1 rings (SSSR count). The lowest BCUT2D eigenvalue weighted by atomic mass is 10.2. The van der Waals surface area contributed by atoms with Crippen LogP contribution in [0, 0.1) is 12.8 Å². The van der Waals surface area contributed by atoms with Gasteiger partial charge >= 0.3 is 0 Å². The largest absolute Gasteiger partial charge is 0.444 e. The Kier molecular flexibility index (Phi) is 3.79. The van der Waals surface area contributed by atoms with E-state index in [1.54, 1.807) is 20.0 Å². The standard InChI is InChI=1S/C9H13N3O2S/c1-5-3-11-7(14-5)4-12-9(13)6(2)8(10)15/h3,6H,4H2,1-2H3,(H2,10,15)(H,12,13). The van der Waals surface area contributed by atoms with E-state index in [1.165, 1.54) is 0 Å². The summed E-state index contributed by atoms with van der Waals surface area (Å²) in [5.74, 6) is 0.479. The third kappa shape index (κ3) is 3.32. The number of hydrogen-bond acceptors (Lipinski definition) is 4. The molecule has 3 N–H and O–H groups in total. The number of oxazole rings is 1. The molecule has 1 aromatic rings. The number of aryl methyl sites for hydroxylation is 1. The fourth-order valence-corrected chi connectivity index (χ4v) is 1.04. The summed E-state index contributed by atoms with van der Waals surface area (Å²) < 4.78 is 5.18. The van der Waals surface area contributed by atoms with E-state index in [1.807, 2.05) is 0 Å². The Morgan fingerprint density at radius 2 is 2.47 bits per heavy atom. The minimum Gasteiger partial charge on any atom is -0.444 e. The number of nitrogens with two attached hydrogens (primary N) is 1. The van der Waals surface area contributed by atoms with Crippen LogP contribution >= 0.6 is 12.2 Å². The molecule has 0 saturated heterocycles. The normalized spacial score (nSPS) is 12.1. The van der Waals surface area contributed by atoms with Crippen LogP contribution in [0.3, 0.4) is 0 Å². The number of hydrogen-bond donors (Lipinski definition) is 2. The van der Waals surface area contributed by atoms with Gasteiger partial charge in [0, 0.05) is 0 Å². The van der Waals surface area contributed by atoms with Gasteiger partial charge in [-0.15, -0.1) is 0 Å². The van der Waals surface area contributed by atoms with E-state index in [4.69, 9.17) is 22.4 Å². The molecule has 0 saturated carbocycles. The third-order valence-electron chi connectivity index (χ3n) is 1.90. The molecule has 0 aliphatic heterocycles. The Morgan fingerprint density at radius 1 is 1.80 bits per heavy atom. The lowest BCUT2D eigenvalue weighted by molar-refractivity contribution is -0.122. The van der Waals surface area contributed by atoms with Crippen LogP contribution in [0.1, 0.15) is 18.6 Å². The zero-order valence-corrected chi connectivity index (χ0v) is 9.43. The van der Waals surface area contributed by atoms with Gasteiger partial charge in [0.15, 0.2) is 0 Å². The maximum Gasteiger partial charge on any atom is 0.230 e. The van der Waals surface area contributed by atoms with Gasteiger partial charge < -0.3 is 15.5 Å². The summed E-state index contributed by atoms with van der Waals surface area (Å²) >= 11 is 4.71. The molecular weight excluding hydrogens is 214 g/mol. The highest BCUT2D eigenvalue weighted by molar-refractivity contribution is 7.80. The third-order valence-corrected chi connectivity index (χ3v) is 2.26. The molecule has 1 heterocycles. The monoisotopic (exact) mass is 227 g/mol. The van der Waals surface area contributed by atoms with Crippen molar-refractivity contribution in [1.29, 1.82) is 0 Å². The number of carbonyl (C=O) groups is 1. The molecule has 1 unspecified atom stereocenters. The molecule has 0 spiro atoms. The highest BCUT2D eigenvalue weighted by atomic mass is 32.1. The molecule has 0 aromatic carbocycles. The first-order valence-corrected chi connectivity index (χ1v) is 4.90. The highest BCUT2D eigenvalue weighted by Crippen LogP contribution is 2.01. The fraction of sp³-hybridized carbons (Fsp3) is 0.444. The van der Waals surface area contributed by atoms with Crippen molar-refractivity contribution in [2.24, 2.45) is 11.7 Å². The van der Waals surface area contributed by atoms with Crippen molar-refractivity contribution in [3.05, 3.63) is 17.8 Å². The van der Waals surface area contributed by atoms with Crippen LogP contribution in [-0.4, -0.2) is 15.9 Å². The van der Waals surface area contributed by atoms with Gasteiger partial charge in [-0.3, -0.25) is 4.79 Å². The number of thiocarbonyl (C=S) groups is 1. The minimum atomic E-state index is -0.476. The molecule has 1 aromatic heterocycles. The number of aromatic nitrogens is 1. The number of nitrogens with zero attached hydrogens (tertiary/aromatic N) is 1. The second kappa shape index (κ2) is 4.88. The molecule has 1 atom stereocenters. The lowest BCUT2D eigenvalue weighted by Gasteiger charge is -2.08. The van der Waals surface area contributed by atoms with Gasteiger partial charge in [-0.05, 0) is 13.8 Å². The summed E-state index contributed by atoms with van der Waals surface area (Å²) in [7, 11) is 0. The second-order valence-corrected chi connectivity index (χ2v) is 3.68. The molecule has 1 amide bonds. The molecule has 15 heavy (non-hydrogen) atoms. The first-order chi connectivity index (χ1) is 7.00. The van der Waals surface area contributed by atoms with Crippen molar-refractivity contribution in [2.75, 3.05) is 0 Å². The molecular formula is C9H13N3O2S. The average molecular weight is 227 g/mol. The topological polar surface area (TPSA) is 81.2 Å². The summed E-state index contributed by atoms with van der Waals surface area (Å²) in [4.78, 5) is 15.5. The van der Waals surface area contributed by atoms with E-state index >= 15 is 0 Å². The second-order valence-electron chi connectivity index (χ2n) is 3.21. The summed E-state index contributed by atoms with van der Waals surface area (Å²) in [6.07, 6.45) is 1.60. The van der Waals surface area contributed by atoms with Crippen molar-refractivity contribution in [2.45, 2.75) is 20.4 Å². The van der Waals surface area contributed by atoms with Gasteiger partial charge in [0.25, 0.3) is 0 Å². The molecule has 0 radical (unpaired) electrons. The molecule has 5 nitrogen and oxygen atoms in total. The van der Waals surface area contributed by atoms with Crippen molar-refractivity contribution >= 4 is 23.1 Å². The molecule has 0 aliphatic rings. The zero-order valence-electron chi connectivity index (χ0n) is 8.61. The van der Waals surface area contributed by atoms with E-state index in [-0.39, 0.29) is 17.4 Å². The first kappa shape index (κ1) is 11.6. The van der Waals surface area contributed by atoms with Crippen LogP contribution in [0.25, 0.3) is 0 Å². The number of rotatable bonds is 4. The quantitative estimate of drug-likeness (QED) is 0.733. The van der Waals surface area contributed by atoms with Crippen LogP contribution in [-0.2, 0) is 11.3 Å². The van der Waals surface area contributed by atoms with Crippen LogP contribution in [0.15, 0.2) is 10.6 Å². The molecule has 0 bridgehead atoms. The van der Waals surface area contributed by atoms with E-state index in [0.29, 0.717) is 11.7 Å². The van der Waals surface area contributed by atoms with E-state index in [9.17, 15) is 4.79 Å². The molecule has 0 fully saturated rings. The Balaban J connectivity index is 2.44. The fourth-order valence-electron chi connectivity index (χ4n) is 0.928. The summed E-state index contributed by atoms with van der Waals surface area (Å²) in [6, 6.07) is 0. The number of amides is 1. The summed E-state index contributed by atoms with van der Waals surface area (Å²) in [5.41, 5.74) is 5.34. The molecule has 6 heteroatoms.